The second kappa shape index (κ2) is 7.05. The van der Waals surface area contributed by atoms with Gasteiger partial charge in [0, 0.05) is 18.7 Å². The summed E-state index contributed by atoms with van der Waals surface area (Å²) < 4.78 is 6.00. The highest BCUT2D eigenvalue weighted by atomic mass is 16.4. The van der Waals surface area contributed by atoms with Crippen LogP contribution in [0.25, 0.3) is 22.3 Å². The first-order chi connectivity index (χ1) is 13.9. The molecule has 1 fully saturated rings. The molecule has 4 N–H and O–H groups in total. The fraction of sp³-hybridized carbons (Fsp3) is 0.238. The highest BCUT2D eigenvalue weighted by molar-refractivity contribution is 6.02. The lowest BCUT2D eigenvalue weighted by molar-refractivity contribution is 0.369. The van der Waals surface area contributed by atoms with Gasteiger partial charge < -0.3 is 29.7 Å². The number of phenolic OH excluding ortho intramolecular Hbond substituents is 4. The van der Waals surface area contributed by atoms with Gasteiger partial charge in [-0.25, -0.2) is 0 Å². The molecule has 150 valence electrons. The number of aromatic hydroxyl groups is 4. The van der Waals surface area contributed by atoms with E-state index in [1.807, 2.05) is 4.90 Å². The second-order valence-corrected chi connectivity index (χ2v) is 6.96. The molecule has 0 atom stereocenters. The van der Waals surface area contributed by atoms with Crippen molar-refractivity contribution in [3.05, 3.63) is 34.5 Å². The highest BCUT2D eigenvalue weighted by Crippen LogP contribution is 2.50. The summed E-state index contributed by atoms with van der Waals surface area (Å²) in [5.41, 5.74) is -0.257. The van der Waals surface area contributed by atoms with Crippen molar-refractivity contribution in [2.45, 2.75) is 19.3 Å². The molecule has 8 heteroatoms. The van der Waals surface area contributed by atoms with E-state index in [-0.39, 0.29) is 33.9 Å². The summed E-state index contributed by atoms with van der Waals surface area (Å²) >= 11 is 0. The van der Waals surface area contributed by atoms with E-state index >= 15 is 0 Å². The van der Waals surface area contributed by atoms with Crippen molar-refractivity contribution in [3.63, 3.8) is 0 Å². The van der Waals surface area contributed by atoms with Gasteiger partial charge in [-0.2, -0.15) is 0 Å². The van der Waals surface area contributed by atoms with Gasteiger partial charge in [0.05, 0.1) is 0 Å². The van der Waals surface area contributed by atoms with E-state index in [1.165, 1.54) is 12.1 Å². The molecule has 3 aromatic rings. The van der Waals surface area contributed by atoms with Crippen molar-refractivity contribution in [1.29, 1.82) is 0 Å². The van der Waals surface area contributed by atoms with Gasteiger partial charge in [-0.05, 0) is 50.2 Å². The Morgan fingerprint density at radius 2 is 1.59 bits per heavy atom. The molecule has 0 radical (unpaired) electrons. The zero-order valence-corrected chi connectivity index (χ0v) is 15.6. The summed E-state index contributed by atoms with van der Waals surface area (Å²) in [6, 6.07) is 5.97. The third kappa shape index (κ3) is 2.93. The molecule has 0 amide bonds. The van der Waals surface area contributed by atoms with Crippen LogP contribution >= 0.6 is 0 Å². The number of nitrogens with zero attached hydrogens (tertiary/aromatic N) is 2. The lowest BCUT2D eigenvalue weighted by atomic mass is 10.0. The van der Waals surface area contributed by atoms with Crippen LogP contribution in [0.3, 0.4) is 0 Å². The van der Waals surface area contributed by atoms with Crippen LogP contribution < -0.4 is 10.3 Å². The molecule has 1 saturated heterocycles. The largest absolute Gasteiger partial charge is 0.508 e. The molecule has 29 heavy (non-hydrogen) atoms. The Kier molecular flexibility index (Phi) is 4.54. The normalized spacial score (nSPS) is 14.3. The van der Waals surface area contributed by atoms with Crippen LogP contribution in [0.15, 0.2) is 38.5 Å². The molecule has 1 aromatic heterocycles. The lowest BCUT2D eigenvalue weighted by Gasteiger charge is -2.30. The van der Waals surface area contributed by atoms with E-state index < -0.39 is 22.7 Å². The predicted molar refractivity (Wildman–Crippen MR) is 110 cm³/mol. The van der Waals surface area contributed by atoms with Crippen molar-refractivity contribution < 1.29 is 24.8 Å². The molecule has 2 heterocycles. The number of fused-ring (bicyclic) bond motifs is 1. The molecule has 4 rings (SSSR count). The minimum atomic E-state index is -0.780. The standard InChI is InChI=1S/C21H20N2O6/c1-22-14-16(25)13-17(26)19(28)18(27)15(23-9-3-2-4-10-23)21(13)29-20(14)11-5-7-12(24)8-6-11/h5-8,24,26-28H,1-4,9-10H2. The van der Waals surface area contributed by atoms with Crippen molar-refractivity contribution in [2.24, 2.45) is 4.99 Å². The van der Waals surface area contributed by atoms with Crippen LogP contribution in [0.2, 0.25) is 0 Å². The number of hydrogen-bond donors (Lipinski definition) is 4. The zero-order chi connectivity index (χ0) is 20.7. The van der Waals surface area contributed by atoms with Crippen molar-refractivity contribution in [1.82, 2.24) is 0 Å². The van der Waals surface area contributed by atoms with Crippen LogP contribution in [0.4, 0.5) is 11.4 Å². The average Bonchev–Trinajstić information content (AvgIpc) is 2.73. The van der Waals surface area contributed by atoms with E-state index in [4.69, 9.17) is 4.42 Å². The van der Waals surface area contributed by atoms with Gasteiger partial charge in [0.15, 0.2) is 28.5 Å². The summed E-state index contributed by atoms with van der Waals surface area (Å²) in [5.74, 6) is -1.97. The number of hydrogen-bond acceptors (Lipinski definition) is 8. The van der Waals surface area contributed by atoms with E-state index in [9.17, 15) is 25.2 Å². The number of rotatable bonds is 3. The number of benzene rings is 2. The van der Waals surface area contributed by atoms with Crippen LogP contribution in [0.1, 0.15) is 19.3 Å². The molecule has 2 aromatic carbocycles. The summed E-state index contributed by atoms with van der Waals surface area (Å²) in [6.07, 6.45) is 2.79. The molecule has 0 unspecified atom stereocenters. The summed E-state index contributed by atoms with van der Waals surface area (Å²) in [7, 11) is 0. The Bertz CT molecular complexity index is 1160. The van der Waals surface area contributed by atoms with Crippen molar-refractivity contribution in [2.75, 3.05) is 18.0 Å². The second-order valence-electron chi connectivity index (χ2n) is 6.96. The van der Waals surface area contributed by atoms with E-state index in [2.05, 4.69) is 11.7 Å². The third-order valence-corrected chi connectivity index (χ3v) is 5.17. The van der Waals surface area contributed by atoms with Crippen molar-refractivity contribution in [3.8, 4) is 34.3 Å². The Morgan fingerprint density at radius 3 is 2.21 bits per heavy atom. The number of anilines is 1. The quantitative estimate of drug-likeness (QED) is 0.393. The topological polar surface area (TPSA) is 127 Å². The summed E-state index contributed by atoms with van der Waals surface area (Å²) in [4.78, 5) is 18.7. The maximum atomic E-state index is 13.1. The lowest BCUT2D eigenvalue weighted by Crippen LogP contribution is -2.29. The van der Waals surface area contributed by atoms with Crippen LogP contribution in [-0.4, -0.2) is 40.2 Å². The molecule has 1 aliphatic rings. The maximum Gasteiger partial charge on any atom is 0.222 e. The molecule has 0 bridgehead atoms. The minimum absolute atomic E-state index is 0.0409. The molecule has 8 nitrogen and oxygen atoms in total. The minimum Gasteiger partial charge on any atom is -0.508 e. The first-order valence-corrected chi connectivity index (χ1v) is 9.22. The van der Waals surface area contributed by atoms with Gasteiger partial charge in [-0.15, -0.1) is 0 Å². The molecule has 0 aliphatic carbocycles. The maximum absolute atomic E-state index is 13.1. The van der Waals surface area contributed by atoms with Gasteiger partial charge in [-0.3, -0.25) is 9.79 Å². The fourth-order valence-corrected chi connectivity index (χ4v) is 3.72. The van der Waals surface area contributed by atoms with E-state index in [0.717, 1.165) is 19.3 Å². The Labute approximate surface area is 165 Å². The van der Waals surface area contributed by atoms with Gasteiger partial charge in [0.1, 0.15) is 16.8 Å². The molecule has 0 saturated carbocycles. The molecule has 1 aliphatic heterocycles. The fourth-order valence-electron chi connectivity index (χ4n) is 3.72. The molecular formula is C21H20N2O6. The van der Waals surface area contributed by atoms with E-state index in [0.29, 0.717) is 18.7 Å². The third-order valence-electron chi connectivity index (χ3n) is 5.17. The van der Waals surface area contributed by atoms with Crippen LogP contribution in [0.5, 0.6) is 23.0 Å². The first-order valence-electron chi connectivity index (χ1n) is 9.22. The first kappa shape index (κ1) is 18.7. The summed E-state index contributed by atoms with van der Waals surface area (Å²) in [6.45, 7) is 4.63. The Morgan fingerprint density at radius 1 is 0.931 bits per heavy atom. The van der Waals surface area contributed by atoms with Crippen molar-refractivity contribution >= 4 is 29.1 Å². The summed E-state index contributed by atoms with van der Waals surface area (Å²) in [5, 5.41) is 40.5. The van der Waals surface area contributed by atoms with Gasteiger partial charge in [-0.1, -0.05) is 0 Å². The highest BCUT2D eigenvalue weighted by Gasteiger charge is 2.29. The Hall–Kier alpha value is -3.68. The molecule has 0 spiro atoms. The monoisotopic (exact) mass is 396 g/mol. The number of aliphatic imine (C=N–C) groups is 1. The smallest absolute Gasteiger partial charge is 0.222 e. The number of phenols is 4. The van der Waals surface area contributed by atoms with E-state index in [1.54, 1.807) is 12.1 Å². The van der Waals surface area contributed by atoms with Crippen LogP contribution in [0, 0.1) is 0 Å². The van der Waals surface area contributed by atoms with Crippen LogP contribution in [-0.2, 0) is 0 Å². The SMILES string of the molecule is C=Nc1c(-c2ccc(O)cc2)oc2c(N3CCCCC3)c(O)c(O)c(O)c2c1=O. The van der Waals surface area contributed by atoms with Gasteiger partial charge >= 0.3 is 0 Å². The van der Waals surface area contributed by atoms with Gasteiger partial charge in [0.2, 0.25) is 11.2 Å². The Balaban J connectivity index is 2.11. The zero-order valence-electron chi connectivity index (χ0n) is 15.6. The molecular weight excluding hydrogens is 376 g/mol. The predicted octanol–water partition coefficient (Wildman–Crippen LogP) is 3.60. The van der Waals surface area contributed by atoms with Gasteiger partial charge in [0.25, 0.3) is 0 Å². The average molecular weight is 396 g/mol. The number of piperidine rings is 1.